The summed E-state index contributed by atoms with van der Waals surface area (Å²) in [5.74, 6) is -0.405. The molecule has 74 valence electrons. The van der Waals surface area contributed by atoms with E-state index in [1.165, 1.54) is 6.26 Å². The van der Waals surface area contributed by atoms with Crippen molar-refractivity contribution >= 4 is 30.1 Å². The molecule has 0 spiro atoms. The minimum Gasteiger partial charge on any atom is -0.290 e. The standard InChI is InChI=1S/C4H10O5S3/c1-11(5,10)9-3-2-4-12(6,7)8/h2-4H2,1H3,(H,6,7,8). The van der Waals surface area contributed by atoms with E-state index in [1.54, 1.807) is 0 Å². The average Bonchev–Trinajstić information content (AvgIpc) is 1.76. The van der Waals surface area contributed by atoms with Crippen LogP contribution in [-0.4, -0.2) is 35.8 Å². The lowest BCUT2D eigenvalue weighted by atomic mass is 10.5. The van der Waals surface area contributed by atoms with Crippen molar-refractivity contribution < 1.29 is 21.4 Å². The molecule has 0 amide bonds. The Hall–Kier alpha value is 0.240. The van der Waals surface area contributed by atoms with Crippen LogP contribution in [0.1, 0.15) is 6.42 Å². The molecule has 1 N–H and O–H groups in total. The molecule has 0 aliphatic carbocycles. The third-order valence-electron chi connectivity index (χ3n) is 0.844. The monoisotopic (exact) mass is 234 g/mol. The highest BCUT2D eigenvalue weighted by Gasteiger charge is 2.04. The molecule has 8 heteroatoms. The fourth-order valence-electron chi connectivity index (χ4n) is 0.452. The van der Waals surface area contributed by atoms with E-state index in [0.717, 1.165) is 0 Å². The van der Waals surface area contributed by atoms with E-state index in [-0.39, 0.29) is 13.0 Å². The van der Waals surface area contributed by atoms with Crippen molar-refractivity contribution in [1.82, 2.24) is 0 Å². The van der Waals surface area contributed by atoms with Crippen LogP contribution < -0.4 is 0 Å². The third-order valence-corrected chi connectivity index (χ3v) is 2.53. The molecule has 0 bridgehead atoms. The van der Waals surface area contributed by atoms with Gasteiger partial charge in [-0.1, -0.05) is 0 Å². The zero-order chi connectivity index (χ0) is 9.83. The highest BCUT2D eigenvalue weighted by molar-refractivity contribution is 8.29. The van der Waals surface area contributed by atoms with Crippen molar-refractivity contribution in [3.8, 4) is 0 Å². The second-order valence-electron chi connectivity index (χ2n) is 2.17. The van der Waals surface area contributed by atoms with Gasteiger partial charge in [0.15, 0.2) is 0 Å². The molecule has 0 aromatic carbocycles. The second kappa shape index (κ2) is 4.47. The highest BCUT2D eigenvalue weighted by Crippen LogP contribution is 1.93. The van der Waals surface area contributed by atoms with Crippen LogP contribution in [0, 0.1) is 0 Å². The normalized spacial score (nSPS) is 17.2. The van der Waals surface area contributed by atoms with E-state index < -0.39 is 24.6 Å². The van der Waals surface area contributed by atoms with Gasteiger partial charge >= 0.3 is 0 Å². The summed E-state index contributed by atoms with van der Waals surface area (Å²) in [6.07, 6.45) is 1.32. The summed E-state index contributed by atoms with van der Waals surface area (Å²) >= 11 is 4.39. The Balaban J connectivity index is 3.62. The fraction of sp³-hybridized carbons (Fsp3) is 1.00. The molecule has 1 atom stereocenters. The maximum atomic E-state index is 10.7. The first-order valence-corrected chi connectivity index (χ1v) is 7.43. The largest absolute Gasteiger partial charge is 0.290 e. The van der Waals surface area contributed by atoms with Crippen LogP contribution in [0.5, 0.6) is 0 Å². The SMILES string of the molecule is CS(=O)(=S)OCCCS(=O)(=O)O. The van der Waals surface area contributed by atoms with Gasteiger partial charge in [-0.3, -0.25) is 8.74 Å². The Morgan fingerprint density at radius 3 is 2.25 bits per heavy atom. The van der Waals surface area contributed by atoms with E-state index in [9.17, 15) is 12.6 Å². The first kappa shape index (κ1) is 12.2. The summed E-state index contributed by atoms with van der Waals surface area (Å²) < 4.78 is 43.9. The molecular formula is C4H10O5S3. The molecule has 0 aromatic heterocycles. The second-order valence-corrected chi connectivity index (χ2v) is 7.20. The lowest BCUT2D eigenvalue weighted by Gasteiger charge is -2.00. The fourth-order valence-corrected chi connectivity index (χ4v) is 1.56. The van der Waals surface area contributed by atoms with Gasteiger partial charge < -0.3 is 0 Å². The van der Waals surface area contributed by atoms with Crippen LogP contribution in [0.3, 0.4) is 0 Å². The third kappa shape index (κ3) is 10.2. The van der Waals surface area contributed by atoms with Gasteiger partial charge in [-0.25, -0.2) is 4.21 Å². The molecule has 0 aliphatic heterocycles. The van der Waals surface area contributed by atoms with Crippen LogP contribution in [0.15, 0.2) is 0 Å². The molecule has 0 rings (SSSR count). The van der Waals surface area contributed by atoms with Crippen LogP contribution in [0.4, 0.5) is 0 Å². The Kier molecular flexibility index (Phi) is 4.56. The number of hydrogen-bond donors (Lipinski definition) is 1. The van der Waals surface area contributed by atoms with Crippen molar-refractivity contribution in [1.29, 1.82) is 0 Å². The number of hydrogen-bond acceptors (Lipinski definition) is 5. The van der Waals surface area contributed by atoms with Crippen molar-refractivity contribution in [2.24, 2.45) is 0 Å². The van der Waals surface area contributed by atoms with Crippen LogP contribution in [0.25, 0.3) is 0 Å². The van der Waals surface area contributed by atoms with Gasteiger partial charge in [0.25, 0.3) is 10.1 Å². The van der Waals surface area contributed by atoms with E-state index in [4.69, 9.17) is 4.55 Å². The van der Waals surface area contributed by atoms with Crippen molar-refractivity contribution in [2.45, 2.75) is 6.42 Å². The van der Waals surface area contributed by atoms with Gasteiger partial charge in [-0.05, 0) is 6.42 Å². The molecule has 0 saturated heterocycles. The minimum absolute atomic E-state index is 0.0291. The van der Waals surface area contributed by atoms with E-state index >= 15 is 0 Å². The first-order chi connectivity index (χ1) is 5.21. The van der Waals surface area contributed by atoms with Crippen molar-refractivity contribution in [2.75, 3.05) is 18.6 Å². The van der Waals surface area contributed by atoms with Crippen LogP contribution in [-0.2, 0) is 34.3 Å². The maximum absolute atomic E-state index is 10.7. The van der Waals surface area contributed by atoms with Gasteiger partial charge in [0, 0.05) is 17.4 Å². The average molecular weight is 234 g/mol. The first-order valence-electron chi connectivity index (χ1n) is 3.00. The number of rotatable bonds is 5. The molecule has 0 saturated carbocycles. The van der Waals surface area contributed by atoms with Crippen LogP contribution >= 0.6 is 0 Å². The molecule has 1 unspecified atom stereocenters. The Bertz CT molecular complexity index is 279. The predicted octanol–water partition coefficient (Wildman–Crippen LogP) is -0.428. The van der Waals surface area contributed by atoms with Gasteiger partial charge in [-0.2, -0.15) is 8.42 Å². The summed E-state index contributed by atoms with van der Waals surface area (Å²) in [6.45, 7) is -0.0291. The van der Waals surface area contributed by atoms with Crippen LogP contribution in [0.2, 0.25) is 0 Å². The van der Waals surface area contributed by atoms with Gasteiger partial charge in [-0.15, -0.1) is 0 Å². The molecular weight excluding hydrogens is 224 g/mol. The molecule has 0 heterocycles. The topological polar surface area (TPSA) is 80.7 Å². The Labute approximate surface area is 76.7 Å². The highest BCUT2D eigenvalue weighted by atomic mass is 32.8. The zero-order valence-electron chi connectivity index (χ0n) is 6.43. The lowest BCUT2D eigenvalue weighted by molar-refractivity contribution is 0.346. The summed E-state index contributed by atoms with van der Waals surface area (Å²) in [4.78, 5) is 0. The minimum atomic E-state index is -3.95. The maximum Gasteiger partial charge on any atom is 0.264 e. The van der Waals surface area contributed by atoms with E-state index in [2.05, 4.69) is 15.4 Å². The molecule has 0 radical (unpaired) electrons. The smallest absolute Gasteiger partial charge is 0.264 e. The van der Waals surface area contributed by atoms with E-state index in [1.807, 2.05) is 0 Å². The van der Waals surface area contributed by atoms with Gasteiger partial charge in [0.1, 0.15) is 8.77 Å². The van der Waals surface area contributed by atoms with Gasteiger partial charge in [0.2, 0.25) is 0 Å². The van der Waals surface area contributed by atoms with Gasteiger partial charge in [0.05, 0.1) is 12.4 Å². The van der Waals surface area contributed by atoms with Crippen molar-refractivity contribution in [3.05, 3.63) is 0 Å². The molecule has 5 nitrogen and oxygen atoms in total. The molecule has 0 aromatic rings. The quantitative estimate of drug-likeness (QED) is 0.513. The lowest BCUT2D eigenvalue weighted by Crippen LogP contribution is -2.09. The Morgan fingerprint density at radius 1 is 1.42 bits per heavy atom. The van der Waals surface area contributed by atoms with Crippen molar-refractivity contribution in [3.63, 3.8) is 0 Å². The summed E-state index contributed by atoms with van der Waals surface area (Å²) in [6, 6.07) is 0. The summed E-state index contributed by atoms with van der Waals surface area (Å²) in [5.41, 5.74) is 0. The Morgan fingerprint density at radius 2 is 1.92 bits per heavy atom. The predicted molar refractivity (Wildman–Crippen MR) is 48.4 cm³/mol. The zero-order valence-corrected chi connectivity index (χ0v) is 8.88. The summed E-state index contributed by atoms with van der Waals surface area (Å²) in [5, 5.41) is 0. The molecule has 0 fully saturated rings. The molecule has 12 heavy (non-hydrogen) atoms. The van der Waals surface area contributed by atoms with E-state index in [0.29, 0.717) is 0 Å². The summed E-state index contributed by atoms with van der Waals surface area (Å²) in [7, 11) is -6.63. The molecule has 0 aliphatic rings.